The Kier molecular flexibility index (Phi) is 8.00. The maximum atomic E-state index is 14.3. The number of carbonyl (C=O) groups excluding carboxylic acids is 2. The zero-order valence-electron chi connectivity index (χ0n) is 23.8. The lowest BCUT2D eigenvalue weighted by Crippen LogP contribution is -2.51. The highest BCUT2D eigenvalue weighted by Crippen LogP contribution is 2.49. The van der Waals surface area contributed by atoms with E-state index in [1.807, 2.05) is 41.3 Å². The smallest absolute Gasteiger partial charge is 0.381 e. The molecule has 0 radical (unpaired) electrons. The first-order valence-electron chi connectivity index (χ1n) is 15.0. The summed E-state index contributed by atoms with van der Waals surface area (Å²) in [7, 11) is 0. The number of carbonyl (C=O) groups is 2. The average Bonchev–Trinajstić information content (AvgIpc) is 3.45. The Morgan fingerprint density at radius 1 is 0.886 bits per heavy atom. The molecule has 234 valence electrons. The van der Waals surface area contributed by atoms with Crippen LogP contribution in [0.25, 0.3) is 0 Å². The highest BCUT2D eigenvalue weighted by molar-refractivity contribution is 5.95. The van der Waals surface area contributed by atoms with Crippen LogP contribution < -0.4 is 10.6 Å². The quantitative estimate of drug-likeness (QED) is 0.349. The van der Waals surface area contributed by atoms with Gasteiger partial charge in [-0.3, -0.25) is 9.59 Å². The number of amides is 2. The largest absolute Gasteiger partial charge is 0.416 e. The molecular formula is C33H33F6N3O2. The molecule has 11 heteroatoms. The fourth-order valence-electron chi connectivity index (χ4n) is 7.45. The number of hydrogen-bond donors (Lipinski definition) is 2. The van der Waals surface area contributed by atoms with Gasteiger partial charge in [0.15, 0.2) is 0 Å². The van der Waals surface area contributed by atoms with Gasteiger partial charge in [0, 0.05) is 41.7 Å². The van der Waals surface area contributed by atoms with Gasteiger partial charge < -0.3 is 15.5 Å². The average molecular weight is 618 g/mol. The summed E-state index contributed by atoms with van der Waals surface area (Å²) < 4.78 is 80.6. The van der Waals surface area contributed by atoms with Crippen LogP contribution in [0.15, 0.2) is 66.8 Å². The number of halogens is 6. The third-order valence-electron chi connectivity index (χ3n) is 9.52. The van der Waals surface area contributed by atoms with Gasteiger partial charge in [0.25, 0.3) is 5.91 Å². The molecule has 1 saturated heterocycles. The molecular weight excluding hydrogens is 584 g/mol. The predicted molar refractivity (Wildman–Crippen MR) is 152 cm³/mol. The van der Waals surface area contributed by atoms with Crippen molar-refractivity contribution < 1.29 is 35.9 Å². The van der Waals surface area contributed by atoms with Gasteiger partial charge in [-0.25, -0.2) is 0 Å². The van der Waals surface area contributed by atoms with Gasteiger partial charge in [0.05, 0.1) is 23.1 Å². The van der Waals surface area contributed by atoms with E-state index in [1.54, 1.807) is 0 Å². The topological polar surface area (TPSA) is 61.4 Å². The van der Waals surface area contributed by atoms with Crippen molar-refractivity contribution in [2.75, 3.05) is 11.9 Å². The van der Waals surface area contributed by atoms with Gasteiger partial charge in [-0.1, -0.05) is 55.3 Å². The first-order valence-corrected chi connectivity index (χ1v) is 15.0. The molecule has 6 atom stereocenters. The van der Waals surface area contributed by atoms with Crippen molar-refractivity contribution in [1.29, 1.82) is 0 Å². The highest BCUT2D eigenvalue weighted by atomic mass is 19.4. The number of benzene rings is 2. The maximum Gasteiger partial charge on any atom is 0.416 e. The molecule has 0 spiro atoms. The number of allylic oxidation sites excluding steroid dienone is 3. The van der Waals surface area contributed by atoms with E-state index in [9.17, 15) is 35.9 Å². The Hall–Kier alpha value is -3.76. The van der Waals surface area contributed by atoms with E-state index in [0.717, 1.165) is 30.5 Å². The Morgan fingerprint density at radius 2 is 1.59 bits per heavy atom. The molecule has 1 saturated carbocycles. The number of nitrogens with zero attached hydrogens (tertiary/aromatic N) is 1. The van der Waals surface area contributed by atoms with Crippen LogP contribution in [0.3, 0.4) is 0 Å². The van der Waals surface area contributed by atoms with Crippen LogP contribution in [0.2, 0.25) is 0 Å². The Bertz CT molecular complexity index is 1450. The van der Waals surface area contributed by atoms with Crippen LogP contribution in [0, 0.1) is 17.8 Å². The van der Waals surface area contributed by atoms with Crippen LogP contribution in [-0.4, -0.2) is 35.3 Å². The minimum absolute atomic E-state index is 0.00293. The van der Waals surface area contributed by atoms with E-state index < -0.39 is 46.9 Å². The first kappa shape index (κ1) is 30.3. The van der Waals surface area contributed by atoms with Crippen molar-refractivity contribution in [2.45, 2.75) is 69.0 Å². The summed E-state index contributed by atoms with van der Waals surface area (Å²) in [6.07, 6.45) is 2.19. The van der Waals surface area contributed by atoms with E-state index in [2.05, 4.69) is 22.8 Å². The summed E-state index contributed by atoms with van der Waals surface area (Å²) in [5.74, 6) is -1.44. The fourth-order valence-corrected chi connectivity index (χ4v) is 7.45. The van der Waals surface area contributed by atoms with E-state index >= 15 is 0 Å². The van der Waals surface area contributed by atoms with Crippen molar-refractivity contribution in [2.24, 2.45) is 17.8 Å². The number of fused-ring (bicyclic) bond motifs is 3. The molecule has 2 aromatic rings. The minimum Gasteiger partial charge on any atom is -0.381 e. The number of rotatable bonds is 4. The van der Waals surface area contributed by atoms with Gasteiger partial charge in [0.1, 0.15) is 0 Å². The third-order valence-corrected chi connectivity index (χ3v) is 9.52. The number of anilines is 1. The summed E-state index contributed by atoms with van der Waals surface area (Å²) >= 11 is 0. The minimum atomic E-state index is -5.07. The lowest BCUT2D eigenvalue weighted by atomic mass is 9.75. The van der Waals surface area contributed by atoms with E-state index in [4.69, 9.17) is 0 Å². The summed E-state index contributed by atoms with van der Waals surface area (Å²) in [6, 6.07) is 7.98. The standard InChI is InChI=1S/C33H33F6N3O2/c34-32(35,36)21-16-20(17-22(18-21)33(37,38)39)30(43)41-27-13-7-5-11-24(27)31(44)42-15-14-25-28(19-8-2-1-3-9-19)40-26-12-6-4-10-23(26)29(25)42/h1-4,6,8,10,12,16-19,24-25,27-29,40H,5,7,9,11,13-15H2,(H,41,43)/t19?,24-,25+,27+,28-,29-/m0/s1. The zero-order chi connectivity index (χ0) is 31.2. The van der Waals surface area contributed by atoms with Crippen LogP contribution >= 0.6 is 0 Å². The van der Waals surface area contributed by atoms with Gasteiger partial charge >= 0.3 is 12.4 Å². The van der Waals surface area contributed by atoms with Gasteiger partial charge in [0.2, 0.25) is 5.91 Å². The number of alkyl halides is 6. The van der Waals surface area contributed by atoms with E-state index in [0.29, 0.717) is 37.9 Å². The van der Waals surface area contributed by atoms with Crippen LogP contribution in [0.1, 0.15) is 71.6 Å². The summed E-state index contributed by atoms with van der Waals surface area (Å²) in [6.45, 7) is 0.521. The molecule has 2 aliphatic heterocycles. The summed E-state index contributed by atoms with van der Waals surface area (Å²) in [5.41, 5.74) is -1.86. The molecule has 0 aromatic heterocycles. The Labute approximate surface area is 251 Å². The van der Waals surface area contributed by atoms with Crippen molar-refractivity contribution in [3.63, 3.8) is 0 Å². The second-order valence-corrected chi connectivity index (χ2v) is 12.2. The normalized spacial score (nSPS) is 28.2. The van der Waals surface area contributed by atoms with Crippen molar-refractivity contribution >= 4 is 17.5 Å². The first-order chi connectivity index (χ1) is 20.9. The molecule has 2 aliphatic carbocycles. The van der Waals surface area contributed by atoms with Crippen LogP contribution in [-0.2, 0) is 17.1 Å². The second kappa shape index (κ2) is 11.6. The summed E-state index contributed by atoms with van der Waals surface area (Å²) in [5, 5.41) is 6.37. The molecule has 4 aliphatic rings. The van der Waals surface area contributed by atoms with Gasteiger partial charge in [-0.05, 0) is 55.5 Å². The monoisotopic (exact) mass is 617 g/mol. The fraction of sp³-hybridized carbons (Fsp3) is 0.455. The second-order valence-electron chi connectivity index (χ2n) is 12.2. The molecule has 1 unspecified atom stereocenters. The molecule has 2 fully saturated rings. The van der Waals surface area contributed by atoms with Gasteiger partial charge in [-0.2, -0.15) is 26.3 Å². The third kappa shape index (κ3) is 5.85. The van der Waals surface area contributed by atoms with Crippen molar-refractivity contribution in [3.8, 4) is 0 Å². The van der Waals surface area contributed by atoms with Gasteiger partial charge in [-0.15, -0.1) is 0 Å². The highest BCUT2D eigenvalue weighted by Gasteiger charge is 2.49. The lowest BCUT2D eigenvalue weighted by molar-refractivity contribution is -0.143. The number of hydrogen-bond acceptors (Lipinski definition) is 3. The molecule has 5 nitrogen and oxygen atoms in total. The van der Waals surface area contributed by atoms with E-state index in [-0.39, 0.29) is 35.9 Å². The molecule has 0 bridgehead atoms. The number of likely N-dealkylation sites (tertiary alicyclic amines) is 1. The number of para-hydroxylation sites is 1. The SMILES string of the molecule is O=C(N[C@@H]1CCCC[C@@H]1C(=O)N1CC[C@@H]2[C@H](C3C=CC=CC3)Nc3ccccc3[C@@H]21)c1cc(C(F)(F)F)cc(C(F)(F)F)c1. The molecule has 2 amide bonds. The molecule has 2 N–H and O–H groups in total. The maximum absolute atomic E-state index is 14.3. The molecule has 2 aromatic carbocycles. The van der Waals surface area contributed by atoms with Crippen LogP contribution in [0.5, 0.6) is 0 Å². The molecule has 2 heterocycles. The summed E-state index contributed by atoms with van der Waals surface area (Å²) in [4.78, 5) is 29.3. The Balaban J connectivity index is 1.26. The van der Waals surface area contributed by atoms with Crippen LogP contribution in [0.4, 0.5) is 32.0 Å². The predicted octanol–water partition coefficient (Wildman–Crippen LogP) is 7.53. The number of nitrogens with one attached hydrogen (secondary N) is 2. The lowest BCUT2D eigenvalue weighted by Gasteiger charge is -2.44. The van der Waals surface area contributed by atoms with E-state index in [1.165, 1.54) is 0 Å². The molecule has 6 rings (SSSR count). The Morgan fingerprint density at radius 3 is 2.27 bits per heavy atom. The van der Waals surface area contributed by atoms with Crippen molar-refractivity contribution in [1.82, 2.24) is 10.2 Å². The van der Waals surface area contributed by atoms with Crippen molar-refractivity contribution in [3.05, 3.63) is 89.0 Å². The molecule has 44 heavy (non-hydrogen) atoms. The zero-order valence-corrected chi connectivity index (χ0v) is 23.8.